The standard InChI is InChI=1S/C15H13N3O3/c16-13(19)10-6-7-11(14(17)20)12(8-10)18-15(21)9-4-2-1-3-5-9/h1-8H,(H2,16,19)(H2,17,20)(H,18,21). The van der Waals surface area contributed by atoms with Crippen LogP contribution in [0.25, 0.3) is 0 Å². The van der Waals surface area contributed by atoms with Gasteiger partial charge in [0.05, 0.1) is 11.3 Å². The number of rotatable bonds is 4. The molecule has 0 aromatic heterocycles. The van der Waals surface area contributed by atoms with Crippen LogP contribution in [0, 0.1) is 0 Å². The molecule has 2 aromatic carbocycles. The summed E-state index contributed by atoms with van der Waals surface area (Å²) in [5, 5.41) is 2.56. The first-order valence-corrected chi connectivity index (χ1v) is 6.09. The molecule has 6 heteroatoms. The summed E-state index contributed by atoms with van der Waals surface area (Å²) in [7, 11) is 0. The number of benzene rings is 2. The van der Waals surface area contributed by atoms with Gasteiger partial charge in [0.2, 0.25) is 5.91 Å². The maximum Gasteiger partial charge on any atom is 0.255 e. The Morgan fingerprint density at radius 2 is 1.48 bits per heavy atom. The molecule has 0 saturated heterocycles. The second-order valence-corrected chi connectivity index (χ2v) is 4.31. The largest absolute Gasteiger partial charge is 0.366 e. The van der Waals surface area contributed by atoms with Gasteiger partial charge < -0.3 is 16.8 Å². The summed E-state index contributed by atoms with van der Waals surface area (Å²) >= 11 is 0. The Balaban J connectivity index is 2.37. The maximum absolute atomic E-state index is 12.1. The molecular weight excluding hydrogens is 270 g/mol. The zero-order valence-corrected chi connectivity index (χ0v) is 11.0. The first kappa shape index (κ1) is 14.3. The molecule has 0 radical (unpaired) electrons. The molecule has 2 aromatic rings. The monoisotopic (exact) mass is 283 g/mol. The van der Waals surface area contributed by atoms with Crippen molar-refractivity contribution in [3.63, 3.8) is 0 Å². The lowest BCUT2D eigenvalue weighted by atomic mass is 10.1. The summed E-state index contributed by atoms with van der Waals surface area (Å²) in [4.78, 5) is 34.6. The zero-order valence-electron chi connectivity index (χ0n) is 11.0. The van der Waals surface area contributed by atoms with Gasteiger partial charge in [-0.15, -0.1) is 0 Å². The van der Waals surface area contributed by atoms with Crippen LogP contribution < -0.4 is 16.8 Å². The second-order valence-electron chi connectivity index (χ2n) is 4.31. The molecule has 0 fully saturated rings. The Bertz CT molecular complexity index is 711. The van der Waals surface area contributed by atoms with E-state index in [-0.39, 0.29) is 16.8 Å². The van der Waals surface area contributed by atoms with E-state index in [2.05, 4.69) is 5.32 Å². The molecule has 0 aliphatic heterocycles. The van der Waals surface area contributed by atoms with E-state index in [4.69, 9.17) is 11.5 Å². The summed E-state index contributed by atoms with van der Waals surface area (Å²) in [5.74, 6) is -1.80. The number of anilines is 1. The Kier molecular flexibility index (Phi) is 3.99. The third-order valence-electron chi connectivity index (χ3n) is 2.85. The third-order valence-corrected chi connectivity index (χ3v) is 2.85. The predicted octanol–water partition coefficient (Wildman–Crippen LogP) is 1.14. The molecule has 0 spiro atoms. The minimum Gasteiger partial charge on any atom is -0.366 e. The van der Waals surface area contributed by atoms with Crippen molar-refractivity contribution in [2.75, 3.05) is 5.32 Å². The molecule has 6 nitrogen and oxygen atoms in total. The number of hydrogen-bond donors (Lipinski definition) is 3. The van der Waals surface area contributed by atoms with Crippen molar-refractivity contribution in [3.05, 3.63) is 65.2 Å². The molecular formula is C15H13N3O3. The summed E-state index contributed by atoms with van der Waals surface area (Å²) in [6.45, 7) is 0. The van der Waals surface area contributed by atoms with Gasteiger partial charge in [0, 0.05) is 11.1 Å². The van der Waals surface area contributed by atoms with Crippen LogP contribution in [0.4, 0.5) is 5.69 Å². The van der Waals surface area contributed by atoms with Crippen molar-refractivity contribution in [2.45, 2.75) is 0 Å². The molecule has 0 unspecified atom stereocenters. The van der Waals surface area contributed by atoms with Gasteiger partial charge in [-0.3, -0.25) is 14.4 Å². The van der Waals surface area contributed by atoms with E-state index in [1.165, 1.54) is 18.2 Å². The molecule has 0 atom stereocenters. The van der Waals surface area contributed by atoms with E-state index < -0.39 is 17.7 Å². The third kappa shape index (κ3) is 3.24. The van der Waals surface area contributed by atoms with E-state index in [1.54, 1.807) is 30.3 Å². The lowest BCUT2D eigenvalue weighted by Gasteiger charge is -2.10. The average molecular weight is 283 g/mol. The molecule has 0 aliphatic rings. The Morgan fingerprint density at radius 3 is 2.05 bits per heavy atom. The van der Waals surface area contributed by atoms with Crippen LogP contribution in [-0.2, 0) is 0 Å². The molecule has 0 saturated carbocycles. The number of carbonyl (C=O) groups excluding carboxylic acids is 3. The Hall–Kier alpha value is -3.15. The highest BCUT2D eigenvalue weighted by Crippen LogP contribution is 2.18. The fraction of sp³-hybridized carbons (Fsp3) is 0. The highest BCUT2D eigenvalue weighted by atomic mass is 16.2. The van der Waals surface area contributed by atoms with Crippen LogP contribution in [0.2, 0.25) is 0 Å². The summed E-state index contributed by atoms with van der Waals surface area (Å²) in [6.07, 6.45) is 0. The molecule has 2 rings (SSSR count). The van der Waals surface area contributed by atoms with Crippen LogP contribution >= 0.6 is 0 Å². The number of amides is 3. The van der Waals surface area contributed by atoms with Crippen molar-refractivity contribution in [1.29, 1.82) is 0 Å². The van der Waals surface area contributed by atoms with Gasteiger partial charge in [0.25, 0.3) is 11.8 Å². The lowest BCUT2D eigenvalue weighted by Crippen LogP contribution is -2.20. The van der Waals surface area contributed by atoms with Crippen LogP contribution in [0.1, 0.15) is 31.1 Å². The smallest absolute Gasteiger partial charge is 0.255 e. The fourth-order valence-electron chi connectivity index (χ4n) is 1.80. The first-order valence-electron chi connectivity index (χ1n) is 6.09. The van der Waals surface area contributed by atoms with Crippen LogP contribution in [0.3, 0.4) is 0 Å². The van der Waals surface area contributed by atoms with E-state index in [0.717, 1.165) is 0 Å². The molecule has 0 heterocycles. The molecule has 0 aliphatic carbocycles. The normalized spacial score (nSPS) is 9.90. The quantitative estimate of drug-likeness (QED) is 0.781. The maximum atomic E-state index is 12.1. The van der Waals surface area contributed by atoms with Gasteiger partial charge in [-0.2, -0.15) is 0 Å². The van der Waals surface area contributed by atoms with E-state index in [0.29, 0.717) is 5.56 Å². The summed E-state index contributed by atoms with van der Waals surface area (Å²) < 4.78 is 0. The van der Waals surface area contributed by atoms with Gasteiger partial charge in [-0.1, -0.05) is 18.2 Å². The Morgan fingerprint density at radius 1 is 0.810 bits per heavy atom. The van der Waals surface area contributed by atoms with Gasteiger partial charge in [0.1, 0.15) is 0 Å². The lowest BCUT2D eigenvalue weighted by molar-refractivity contribution is 0.0987. The number of primary amides is 2. The van der Waals surface area contributed by atoms with Crippen molar-refractivity contribution in [3.8, 4) is 0 Å². The topological polar surface area (TPSA) is 115 Å². The van der Waals surface area contributed by atoms with Crippen LogP contribution in [0.15, 0.2) is 48.5 Å². The molecule has 0 bridgehead atoms. The van der Waals surface area contributed by atoms with Crippen molar-refractivity contribution in [1.82, 2.24) is 0 Å². The van der Waals surface area contributed by atoms with Gasteiger partial charge in [-0.25, -0.2) is 0 Å². The molecule has 106 valence electrons. The van der Waals surface area contributed by atoms with Crippen molar-refractivity contribution >= 4 is 23.4 Å². The summed E-state index contributed by atoms with van der Waals surface area (Å²) in [5.41, 5.74) is 11.3. The minimum absolute atomic E-state index is 0.101. The van der Waals surface area contributed by atoms with Crippen molar-refractivity contribution < 1.29 is 14.4 Å². The van der Waals surface area contributed by atoms with Crippen molar-refractivity contribution in [2.24, 2.45) is 11.5 Å². The second kappa shape index (κ2) is 5.87. The molecule has 5 N–H and O–H groups in total. The molecule has 3 amide bonds. The van der Waals surface area contributed by atoms with Gasteiger partial charge in [-0.05, 0) is 30.3 Å². The van der Waals surface area contributed by atoms with Crippen LogP contribution in [-0.4, -0.2) is 17.7 Å². The Labute approximate surface area is 120 Å². The predicted molar refractivity (Wildman–Crippen MR) is 77.9 cm³/mol. The number of nitrogens with one attached hydrogen (secondary N) is 1. The minimum atomic E-state index is -0.714. The average Bonchev–Trinajstić information content (AvgIpc) is 2.47. The van der Waals surface area contributed by atoms with E-state index in [1.807, 2.05) is 0 Å². The van der Waals surface area contributed by atoms with Crippen LogP contribution in [0.5, 0.6) is 0 Å². The summed E-state index contributed by atoms with van der Waals surface area (Å²) in [6, 6.07) is 12.5. The fourth-order valence-corrected chi connectivity index (χ4v) is 1.80. The number of hydrogen-bond acceptors (Lipinski definition) is 3. The highest BCUT2D eigenvalue weighted by Gasteiger charge is 2.14. The van der Waals surface area contributed by atoms with Gasteiger partial charge >= 0.3 is 0 Å². The van der Waals surface area contributed by atoms with E-state index >= 15 is 0 Å². The zero-order chi connectivity index (χ0) is 15.4. The first-order chi connectivity index (χ1) is 9.99. The SMILES string of the molecule is NC(=O)c1ccc(C(N)=O)c(NC(=O)c2ccccc2)c1. The highest BCUT2D eigenvalue weighted by molar-refractivity contribution is 6.09. The number of carbonyl (C=O) groups is 3. The number of nitrogens with two attached hydrogens (primary N) is 2. The molecule has 21 heavy (non-hydrogen) atoms. The van der Waals surface area contributed by atoms with Gasteiger partial charge in [0.15, 0.2) is 0 Å². The van der Waals surface area contributed by atoms with E-state index in [9.17, 15) is 14.4 Å².